The van der Waals surface area contributed by atoms with Crippen molar-refractivity contribution in [1.82, 2.24) is 5.43 Å². The zero-order valence-corrected chi connectivity index (χ0v) is 10.4. The van der Waals surface area contributed by atoms with E-state index in [-0.39, 0.29) is 29.2 Å². The second kappa shape index (κ2) is 6.69. The molecule has 0 bridgehead atoms. The Bertz CT molecular complexity index is 606. The smallest absolute Gasteiger partial charge is 0.274 e. The number of nitriles is 1. The summed E-state index contributed by atoms with van der Waals surface area (Å²) in [6.45, 7) is 0. The number of rotatable bonds is 5. The van der Waals surface area contributed by atoms with Crippen molar-refractivity contribution < 1.29 is 19.6 Å². The number of non-ortho nitro benzene ring substituents is 1. The van der Waals surface area contributed by atoms with Crippen molar-refractivity contribution >= 4 is 17.8 Å². The summed E-state index contributed by atoms with van der Waals surface area (Å²) in [5.41, 5.74) is 1.72. The minimum absolute atomic E-state index is 0.00620. The molecule has 0 aliphatic rings. The molecule has 1 rings (SSSR count). The fourth-order valence-corrected chi connectivity index (χ4v) is 1.26. The van der Waals surface area contributed by atoms with E-state index in [4.69, 9.17) is 10.00 Å². The van der Waals surface area contributed by atoms with Crippen LogP contribution in [0.2, 0.25) is 0 Å². The molecule has 0 radical (unpaired) electrons. The van der Waals surface area contributed by atoms with Gasteiger partial charge in [0.2, 0.25) is 0 Å². The second-order valence-corrected chi connectivity index (χ2v) is 3.47. The third-order valence-electron chi connectivity index (χ3n) is 2.15. The molecule has 20 heavy (non-hydrogen) atoms. The van der Waals surface area contributed by atoms with Gasteiger partial charge in [0.1, 0.15) is 6.42 Å². The lowest BCUT2D eigenvalue weighted by Gasteiger charge is -2.05. The van der Waals surface area contributed by atoms with Crippen molar-refractivity contribution in [2.24, 2.45) is 5.10 Å². The average molecular weight is 278 g/mol. The number of nitro benzene ring substituents is 1. The first-order valence-electron chi connectivity index (χ1n) is 5.23. The Morgan fingerprint density at radius 3 is 2.95 bits per heavy atom. The van der Waals surface area contributed by atoms with Crippen LogP contribution in [-0.2, 0) is 4.79 Å². The van der Waals surface area contributed by atoms with Crippen LogP contribution in [0.4, 0.5) is 5.69 Å². The van der Waals surface area contributed by atoms with Gasteiger partial charge in [0.05, 0.1) is 30.4 Å². The second-order valence-electron chi connectivity index (χ2n) is 3.47. The number of nitro groups is 1. The summed E-state index contributed by atoms with van der Waals surface area (Å²) >= 11 is 0. The Balaban J connectivity index is 3.02. The molecular weight excluding hydrogens is 268 g/mol. The molecule has 0 aromatic heterocycles. The summed E-state index contributed by atoms with van der Waals surface area (Å²) in [5, 5.41) is 32.2. The van der Waals surface area contributed by atoms with Crippen molar-refractivity contribution in [2.45, 2.75) is 6.42 Å². The number of carbonyl (C=O) groups excluding carboxylic acids is 1. The molecule has 2 N–H and O–H groups in total. The number of nitrogens with one attached hydrogen (secondary N) is 1. The predicted octanol–water partition coefficient (Wildman–Crippen LogP) is 0.673. The van der Waals surface area contributed by atoms with E-state index in [0.29, 0.717) is 0 Å². The lowest BCUT2D eigenvalue weighted by molar-refractivity contribution is -0.385. The van der Waals surface area contributed by atoms with Crippen LogP contribution in [0.15, 0.2) is 17.2 Å². The maximum Gasteiger partial charge on any atom is 0.274 e. The Morgan fingerprint density at radius 2 is 2.40 bits per heavy atom. The summed E-state index contributed by atoms with van der Waals surface area (Å²) in [5.74, 6) is -1.08. The molecule has 0 saturated heterocycles. The van der Waals surface area contributed by atoms with E-state index in [9.17, 15) is 20.0 Å². The van der Waals surface area contributed by atoms with Crippen LogP contribution in [0.5, 0.6) is 11.5 Å². The summed E-state index contributed by atoms with van der Waals surface area (Å²) < 4.78 is 4.80. The fraction of sp³-hybridized carbons (Fsp3) is 0.182. The van der Waals surface area contributed by atoms with Crippen LogP contribution in [0.25, 0.3) is 0 Å². The normalized spacial score (nSPS) is 10.0. The van der Waals surface area contributed by atoms with Crippen LogP contribution < -0.4 is 10.2 Å². The van der Waals surface area contributed by atoms with E-state index < -0.39 is 10.8 Å². The van der Waals surface area contributed by atoms with Gasteiger partial charge in [-0.25, -0.2) is 5.43 Å². The lowest BCUT2D eigenvalue weighted by Crippen LogP contribution is -2.16. The highest BCUT2D eigenvalue weighted by Gasteiger charge is 2.15. The quantitative estimate of drug-likeness (QED) is 0.461. The van der Waals surface area contributed by atoms with E-state index in [1.54, 1.807) is 6.07 Å². The number of phenolic OH excluding ortho intramolecular Hbond substituents is 1. The number of hydrogen-bond donors (Lipinski definition) is 2. The molecule has 0 atom stereocenters. The van der Waals surface area contributed by atoms with Gasteiger partial charge in [0, 0.05) is 11.6 Å². The van der Waals surface area contributed by atoms with E-state index in [0.717, 1.165) is 18.3 Å². The summed E-state index contributed by atoms with van der Waals surface area (Å²) in [7, 11) is 1.24. The fourth-order valence-electron chi connectivity index (χ4n) is 1.26. The molecule has 0 aliphatic carbocycles. The monoisotopic (exact) mass is 278 g/mol. The Labute approximate surface area is 113 Å². The third-order valence-corrected chi connectivity index (χ3v) is 2.15. The number of benzene rings is 1. The largest absolute Gasteiger partial charge is 0.504 e. The first-order chi connectivity index (χ1) is 9.49. The maximum absolute atomic E-state index is 11.0. The number of nitrogens with zero attached hydrogens (tertiary/aromatic N) is 3. The van der Waals surface area contributed by atoms with Crippen molar-refractivity contribution in [3.63, 3.8) is 0 Å². The van der Waals surface area contributed by atoms with E-state index in [1.165, 1.54) is 7.11 Å². The van der Waals surface area contributed by atoms with Gasteiger partial charge >= 0.3 is 0 Å². The number of ether oxygens (including phenoxy) is 1. The van der Waals surface area contributed by atoms with Crippen LogP contribution in [0.1, 0.15) is 12.0 Å². The van der Waals surface area contributed by atoms with Crippen molar-refractivity contribution in [3.8, 4) is 17.6 Å². The molecule has 0 spiro atoms. The van der Waals surface area contributed by atoms with Gasteiger partial charge in [-0.15, -0.1) is 0 Å². The number of hydrogen-bond acceptors (Lipinski definition) is 7. The third kappa shape index (κ3) is 3.67. The van der Waals surface area contributed by atoms with Gasteiger partial charge in [0.15, 0.2) is 11.5 Å². The van der Waals surface area contributed by atoms with Crippen LogP contribution in [-0.4, -0.2) is 29.3 Å². The predicted molar refractivity (Wildman–Crippen MR) is 67.3 cm³/mol. The molecule has 0 heterocycles. The first-order valence-corrected chi connectivity index (χ1v) is 5.23. The molecule has 104 valence electrons. The number of aromatic hydroxyl groups is 1. The zero-order chi connectivity index (χ0) is 15.1. The van der Waals surface area contributed by atoms with E-state index in [2.05, 4.69) is 5.10 Å². The molecular formula is C11H10N4O5. The SMILES string of the molecule is COc1cc([N+](=O)[O-])cc(/C=N\NC(=O)CC#N)c1O. The maximum atomic E-state index is 11.0. The highest BCUT2D eigenvalue weighted by Crippen LogP contribution is 2.33. The number of carbonyl (C=O) groups is 1. The van der Waals surface area contributed by atoms with Crippen LogP contribution >= 0.6 is 0 Å². The van der Waals surface area contributed by atoms with Gasteiger partial charge in [-0.2, -0.15) is 10.4 Å². The highest BCUT2D eigenvalue weighted by atomic mass is 16.6. The molecule has 1 aromatic carbocycles. The minimum Gasteiger partial charge on any atom is -0.504 e. The summed E-state index contributed by atoms with van der Waals surface area (Å²) in [4.78, 5) is 21.0. The van der Waals surface area contributed by atoms with Gasteiger partial charge in [-0.05, 0) is 0 Å². The molecule has 1 amide bonds. The molecule has 1 aromatic rings. The topological polar surface area (TPSA) is 138 Å². The molecule has 9 nitrogen and oxygen atoms in total. The van der Waals surface area contributed by atoms with Crippen LogP contribution in [0, 0.1) is 21.4 Å². The zero-order valence-electron chi connectivity index (χ0n) is 10.4. The van der Waals surface area contributed by atoms with Crippen molar-refractivity contribution in [1.29, 1.82) is 5.26 Å². The molecule has 0 unspecified atom stereocenters. The molecule has 0 saturated carbocycles. The Kier molecular flexibility index (Phi) is 4.99. The molecule has 9 heteroatoms. The van der Waals surface area contributed by atoms with Crippen molar-refractivity contribution in [2.75, 3.05) is 7.11 Å². The van der Waals surface area contributed by atoms with Gasteiger partial charge in [-0.1, -0.05) is 0 Å². The minimum atomic E-state index is -0.659. The van der Waals surface area contributed by atoms with Gasteiger partial charge in [-0.3, -0.25) is 14.9 Å². The standard InChI is InChI=1S/C11H10N4O5/c1-20-9-5-8(15(18)19)4-7(11(9)17)6-13-14-10(16)2-3-12/h4-6,17H,2H2,1H3,(H,14,16)/b13-6-. The first kappa shape index (κ1) is 14.9. The van der Waals surface area contributed by atoms with Gasteiger partial charge < -0.3 is 9.84 Å². The number of amides is 1. The Morgan fingerprint density at radius 1 is 1.70 bits per heavy atom. The number of hydrazone groups is 1. The number of phenols is 1. The van der Waals surface area contributed by atoms with Crippen molar-refractivity contribution in [3.05, 3.63) is 27.8 Å². The summed E-state index contributed by atoms with van der Waals surface area (Å²) in [6, 6.07) is 3.75. The summed E-state index contributed by atoms with van der Waals surface area (Å²) in [6.07, 6.45) is 0.641. The lowest BCUT2D eigenvalue weighted by atomic mass is 10.2. The average Bonchev–Trinajstić information content (AvgIpc) is 2.40. The Hall–Kier alpha value is -3.15. The van der Waals surface area contributed by atoms with E-state index in [1.807, 2.05) is 5.43 Å². The van der Waals surface area contributed by atoms with E-state index >= 15 is 0 Å². The van der Waals surface area contributed by atoms with Gasteiger partial charge in [0.25, 0.3) is 11.6 Å². The van der Waals surface area contributed by atoms with Crippen LogP contribution in [0.3, 0.4) is 0 Å². The molecule has 0 aliphatic heterocycles. The number of methoxy groups -OCH3 is 1. The highest BCUT2D eigenvalue weighted by molar-refractivity contribution is 5.87. The molecule has 0 fully saturated rings.